The van der Waals surface area contributed by atoms with Crippen molar-refractivity contribution < 1.29 is 4.79 Å². The van der Waals surface area contributed by atoms with Crippen LogP contribution in [-0.4, -0.2) is 17.9 Å². The minimum Gasteiger partial charge on any atom is -0.354 e. The van der Waals surface area contributed by atoms with Gasteiger partial charge in [-0.15, -0.1) is 0 Å². The van der Waals surface area contributed by atoms with E-state index in [1.807, 2.05) is 24.3 Å². The molecule has 4 heteroatoms. The number of para-hydroxylation sites is 1. The number of carbonyl (C=O) groups is 1. The fourth-order valence-corrected chi connectivity index (χ4v) is 1.64. The molecule has 3 nitrogen and oxygen atoms in total. The van der Waals surface area contributed by atoms with Crippen LogP contribution in [0.5, 0.6) is 0 Å². The van der Waals surface area contributed by atoms with Gasteiger partial charge < -0.3 is 5.32 Å². The zero-order chi connectivity index (χ0) is 10.8. The van der Waals surface area contributed by atoms with E-state index >= 15 is 0 Å². The average molecular weight is 221 g/mol. The van der Waals surface area contributed by atoms with Crippen molar-refractivity contribution in [2.75, 3.05) is 7.05 Å². The molecule has 0 unspecified atom stereocenters. The van der Waals surface area contributed by atoms with Crippen LogP contribution in [0.2, 0.25) is 5.02 Å². The number of hydrogen-bond acceptors (Lipinski definition) is 2. The summed E-state index contributed by atoms with van der Waals surface area (Å²) < 4.78 is 0. The minimum atomic E-state index is -0.234. The molecule has 2 aromatic rings. The molecule has 0 saturated heterocycles. The molecule has 0 saturated carbocycles. The number of benzene rings is 1. The normalized spacial score (nSPS) is 10.3. The first-order valence-corrected chi connectivity index (χ1v) is 4.87. The van der Waals surface area contributed by atoms with E-state index in [0.29, 0.717) is 10.7 Å². The van der Waals surface area contributed by atoms with Crippen molar-refractivity contribution in [1.82, 2.24) is 10.3 Å². The van der Waals surface area contributed by atoms with Gasteiger partial charge in [-0.1, -0.05) is 29.8 Å². The molecule has 76 valence electrons. The molecular formula is C11H9ClN2O. The number of pyridine rings is 1. The van der Waals surface area contributed by atoms with Crippen LogP contribution in [0.15, 0.2) is 30.3 Å². The lowest BCUT2D eigenvalue weighted by Gasteiger charge is -2.03. The summed E-state index contributed by atoms with van der Waals surface area (Å²) >= 11 is 6.04. The Bertz CT molecular complexity index is 525. The van der Waals surface area contributed by atoms with Crippen molar-refractivity contribution >= 4 is 28.4 Å². The number of rotatable bonds is 1. The number of halogens is 1. The first kappa shape index (κ1) is 9.93. The Morgan fingerprint density at radius 1 is 1.40 bits per heavy atom. The Labute approximate surface area is 92.1 Å². The van der Waals surface area contributed by atoms with Gasteiger partial charge in [0, 0.05) is 12.4 Å². The summed E-state index contributed by atoms with van der Waals surface area (Å²) in [7, 11) is 1.56. The van der Waals surface area contributed by atoms with Crippen molar-refractivity contribution in [2.45, 2.75) is 0 Å². The van der Waals surface area contributed by atoms with Crippen LogP contribution in [0.1, 0.15) is 10.5 Å². The van der Waals surface area contributed by atoms with Gasteiger partial charge in [-0.2, -0.15) is 0 Å². The lowest BCUT2D eigenvalue weighted by Crippen LogP contribution is -2.19. The maximum absolute atomic E-state index is 11.4. The topological polar surface area (TPSA) is 42.0 Å². The molecule has 1 N–H and O–H groups in total. The first-order valence-electron chi connectivity index (χ1n) is 4.50. The summed E-state index contributed by atoms with van der Waals surface area (Å²) in [6, 6.07) is 9.02. The number of fused-ring (bicyclic) bond motifs is 1. The molecule has 0 aliphatic rings. The maximum atomic E-state index is 11.4. The van der Waals surface area contributed by atoms with Crippen LogP contribution in [0, 0.1) is 0 Å². The fourth-order valence-electron chi connectivity index (χ4n) is 1.38. The molecule has 15 heavy (non-hydrogen) atoms. The lowest BCUT2D eigenvalue weighted by atomic mass is 10.2. The number of aromatic nitrogens is 1. The highest BCUT2D eigenvalue weighted by Gasteiger charge is 2.08. The molecule has 1 aromatic heterocycles. The molecule has 2 rings (SSSR count). The molecule has 0 spiro atoms. The number of carbonyl (C=O) groups excluding carboxylic acids is 1. The van der Waals surface area contributed by atoms with Gasteiger partial charge in [0.05, 0.1) is 10.5 Å². The van der Waals surface area contributed by atoms with Crippen molar-refractivity contribution in [2.24, 2.45) is 0 Å². The van der Waals surface area contributed by atoms with E-state index in [0.717, 1.165) is 10.9 Å². The molecule has 1 heterocycles. The average Bonchev–Trinajstić information content (AvgIpc) is 2.28. The van der Waals surface area contributed by atoms with Crippen LogP contribution in [0.4, 0.5) is 0 Å². The monoisotopic (exact) mass is 220 g/mol. The number of nitrogens with zero attached hydrogens (tertiary/aromatic N) is 1. The summed E-state index contributed by atoms with van der Waals surface area (Å²) in [6.45, 7) is 0. The highest BCUT2D eigenvalue weighted by Crippen LogP contribution is 2.22. The zero-order valence-electron chi connectivity index (χ0n) is 8.12. The fraction of sp³-hybridized carbons (Fsp3) is 0.0909. The number of amides is 1. The molecule has 0 radical (unpaired) electrons. The molecule has 0 bridgehead atoms. The van der Waals surface area contributed by atoms with E-state index in [1.165, 1.54) is 0 Å². The van der Waals surface area contributed by atoms with Gasteiger partial charge in [-0.3, -0.25) is 4.79 Å². The van der Waals surface area contributed by atoms with Gasteiger partial charge in [0.25, 0.3) is 5.91 Å². The maximum Gasteiger partial charge on any atom is 0.269 e. The molecule has 0 aliphatic carbocycles. The van der Waals surface area contributed by atoms with Crippen LogP contribution in [0.25, 0.3) is 10.9 Å². The van der Waals surface area contributed by atoms with Crippen molar-refractivity contribution in [3.63, 3.8) is 0 Å². The SMILES string of the molecule is CNC(=O)c1cc(Cl)c2ccccc2n1. The third-order valence-corrected chi connectivity index (χ3v) is 2.44. The summed E-state index contributed by atoms with van der Waals surface area (Å²) in [5.41, 5.74) is 1.06. The van der Waals surface area contributed by atoms with Gasteiger partial charge in [0.15, 0.2) is 0 Å². The Kier molecular flexibility index (Phi) is 2.56. The Hall–Kier alpha value is -1.61. The molecule has 0 aliphatic heterocycles. The zero-order valence-corrected chi connectivity index (χ0v) is 8.88. The van der Waals surface area contributed by atoms with Gasteiger partial charge in [0.1, 0.15) is 5.69 Å². The van der Waals surface area contributed by atoms with Crippen molar-refractivity contribution in [1.29, 1.82) is 0 Å². The van der Waals surface area contributed by atoms with Crippen LogP contribution < -0.4 is 5.32 Å². The standard InChI is InChI=1S/C11H9ClN2O/c1-13-11(15)10-6-8(12)7-4-2-3-5-9(7)14-10/h2-6H,1H3,(H,13,15). The third kappa shape index (κ3) is 1.78. The van der Waals surface area contributed by atoms with Crippen molar-refractivity contribution in [3.8, 4) is 0 Å². The molecule has 1 aromatic carbocycles. The second-order valence-corrected chi connectivity index (χ2v) is 3.49. The van der Waals surface area contributed by atoms with E-state index in [9.17, 15) is 4.79 Å². The van der Waals surface area contributed by atoms with E-state index < -0.39 is 0 Å². The predicted molar refractivity (Wildman–Crippen MR) is 60.1 cm³/mol. The number of nitrogens with one attached hydrogen (secondary N) is 1. The quantitative estimate of drug-likeness (QED) is 0.801. The molecule has 0 atom stereocenters. The highest BCUT2D eigenvalue weighted by molar-refractivity contribution is 6.35. The highest BCUT2D eigenvalue weighted by atomic mass is 35.5. The summed E-state index contributed by atoms with van der Waals surface area (Å²) in [4.78, 5) is 15.6. The largest absolute Gasteiger partial charge is 0.354 e. The Morgan fingerprint density at radius 3 is 2.87 bits per heavy atom. The molecule has 1 amide bonds. The second kappa shape index (κ2) is 3.87. The van der Waals surface area contributed by atoms with Crippen LogP contribution >= 0.6 is 11.6 Å². The Balaban J connectivity index is 2.67. The third-order valence-electron chi connectivity index (χ3n) is 2.13. The van der Waals surface area contributed by atoms with Crippen molar-refractivity contribution in [3.05, 3.63) is 41.0 Å². The molecular weight excluding hydrogens is 212 g/mol. The van der Waals surface area contributed by atoms with Gasteiger partial charge in [-0.05, 0) is 12.1 Å². The molecule has 0 fully saturated rings. The lowest BCUT2D eigenvalue weighted by molar-refractivity contribution is 0.0958. The minimum absolute atomic E-state index is 0.234. The summed E-state index contributed by atoms with van der Waals surface area (Å²) in [5.74, 6) is -0.234. The van der Waals surface area contributed by atoms with Crippen LogP contribution in [0.3, 0.4) is 0 Å². The van der Waals surface area contributed by atoms with Crippen LogP contribution in [-0.2, 0) is 0 Å². The van der Waals surface area contributed by atoms with E-state index in [1.54, 1.807) is 13.1 Å². The summed E-state index contributed by atoms with van der Waals surface area (Å²) in [5, 5.41) is 3.91. The summed E-state index contributed by atoms with van der Waals surface area (Å²) in [6.07, 6.45) is 0. The smallest absolute Gasteiger partial charge is 0.269 e. The van der Waals surface area contributed by atoms with E-state index in [-0.39, 0.29) is 5.91 Å². The first-order chi connectivity index (χ1) is 7.22. The number of hydrogen-bond donors (Lipinski definition) is 1. The Morgan fingerprint density at radius 2 is 2.13 bits per heavy atom. The predicted octanol–water partition coefficient (Wildman–Crippen LogP) is 2.25. The van der Waals surface area contributed by atoms with Gasteiger partial charge in [0.2, 0.25) is 0 Å². The van der Waals surface area contributed by atoms with Gasteiger partial charge in [-0.25, -0.2) is 4.98 Å². The van der Waals surface area contributed by atoms with Gasteiger partial charge >= 0.3 is 0 Å². The second-order valence-electron chi connectivity index (χ2n) is 3.09. The van der Waals surface area contributed by atoms with E-state index in [4.69, 9.17) is 11.6 Å². The van der Waals surface area contributed by atoms with E-state index in [2.05, 4.69) is 10.3 Å².